The number of amides is 1. The zero-order chi connectivity index (χ0) is 17.9. The van der Waals surface area contributed by atoms with E-state index in [1.807, 2.05) is 31.2 Å². The van der Waals surface area contributed by atoms with Crippen molar-refractivity contribution in [3.8, 4) is 0 Å². The van der Waals surface area contributed by atoms with Crippen LogP contribution >= 0.6 is 24.0 Å². The van der Waals surface area contributed by atoms with Crippen molar-refractivity contribution in [2.45, 2.75) is 52.0 Å². The van der Waals surface area contributed by atoms with Gasteiger partial charge in [-0.15, -0.1) is 24.0 Å². The highest BCUT2D eigenvalue weighted by atomic mass is 127. The Morgan fingerprint density at radius 3 is 2.65 bits per heavy atom. The molecule has 1 saturated carbocycles. The molecule has 0 spiro atoms. The second-order valence-electron chi connectivity index (χ2n) is 6.71. The van der Waals surface area contributed by atoms with Crippen LogP contribution in [0.3, 0.4) is 0 Å². The van der Waals surface area contributed by atoms with Gasteiger partial charge in [-0.3, -0.25) is 9.79 Å². The number of nitrogens with zero attached hydrogens (tertiary/aromatic N) is 1. The quantitative estimate of drug-likeness (QED) is 0.234. The molecule has 0 saturated heterocycles. The molecule has 3 N–H and O–H groups in total. The Hall–Kier alpha value is -1.31. The zero-order valence-electron chi connectivity index (χ0n) is 16.0. The number of carbonyl (C=O) groups is 1. The van der Waals surface area contributed by atoms with Crippen molar-refractivity contribution in [2.75, 3.05) is 20.1 Å². The summed E-state index contributed by atoms with van der Waals surface area (Å²) in [4.78, 5) is 16.2. The standard InChI is InChI=1S/C20H32N4O.HI/c1-3-22-19(25)18-12-6-10-17(14-18)15-24-20(21-2)23-13-7-11-16-8-4-5-9-16;/h6,10,12,14,16H,3-5,7-9,11,13,15H2,1-2H3,(H,22,25)(H2,21,23,24);1H. The van der Waals surface area contributed by atoms with Gasteiger partial charge in [-0.2, -0.15) is 0 Å². The summed E-state index contributed by atoms with van der Waals surface area (Å²) in [5.74, 6) is 1.72. The number of rotatable bonds is 8. The van der Waals surface area contributed by atoms with Gasteiger partial charge in [0.2, 0.25) is 0 Å². The van der Waals surface area contributed by atoms with E-state index in [1.54, 1.807) is 7.05 Å². The Morgan fingerprint density at radius 2 is 1.96 bits per heavy atom. The van der Waals surface area contributed by atoms with E-state index in [4.69, 9.17) is 0 Å². The lowest BCUT2D eigenvalue weighted by Gasteiger charge is -2.13. The third-order valence-corrected chi connectivity index (χ3v) is 4.77. The van der Waals surface area contributed by atoms with Crippen LogP contribution in [0.1, 0.15) is 61.4 Å². The zero-order valence-corrected chi connectivity index (χ0v) is 18.3. The number of benzene rings is 1. The molecule has 1 aliphatic rings. The molecule has 146 valence electrons. The van der Waals surface area contributed by atoms with Gasteiger partial charge >= 0.3 is 0 Å². The van der Waals surface area contributed by atoms with E-state index < -0.39 is 0 Å². The van der Waals surface area contributed by atoms with Gasteiger partial charge in [-0.25, -0.2) is 0 Å². The molecule has 0 aliphatic heterocycles. The Bertz CT molecular complexity index is 571. The lowest BCUT2D eigenvalue weighted by molar-refractivity contribution is 0.0955. The number of nitrogens with one attached hydrogen (secondary N) is 3. The Balaban J connectivity index is 0.00000338. The minimum absolute atomic E-state index is 0. The first kappa shape index (κ1) is 22.7. The summed E-state index contributed by atoms with van der Waals surface area (Å²) in [6.45, 7) is 4.16. The van der Waals surface area contributed by atoms with Crippen molar-refractivity contribution in [1.82, 2.24) is 16.0 Å². The Morgan fingerprint density at radius 1 is 1.19 bits per heavy atom. The van der Waals surface area contributed by atoms with Crippen LogP contribution in [0.5, 0.6) is 0 Å². The third kappa shape index (κ3) is 7.93. The average molecular weight is 472 g/mol. The normalized spacial score (nSPS) is 14.6. The van der Waals surface area contributed by atoms with Gasteiger partial charge in [0.05, 0.1) is 0 Å². The maximum absolute atomic E-state index is 11.9. The third-order valence-electron chi connectivity index (χ3n) is 4.77. The fourth-order valence-electron chi connectivity index (χ4n) is 3.39. The summed E-state index contributed by atoms with van der Waals surface area (Å²) in [5.41, 5.74) is 1.76. The van der Waals surface area contributed by atoms with Gasteiger partial charge in [-0.1, -0.05) is 37.8 Å². The lowest BCUT2D eigenvalue weighted by atomic mass is 10.0. The molecule has 1 fully saturated rings. The smallest absolute Gasteiger partial charge is 0.251 e. The van der Waals surface area contributed by atoms with E-state index in [0.29, 0.717) is 18.7 Å². The fraction of sp³-hybridized carbons (Fsp3) is 0.600. The fourth-order valence-corrected chi connectivity index (χ4v) is 3.39. The van der Waals surface area contributed by atoms with E-state index in [2.05, 4.69) is 20.9 Å². The molecule has 0 atom stereocenters. The number of aliphatic imine (C=N–C) groups is 1. The molecule has 0 aromatic heterocycles. The number of halogens is 1. The van der Waals surface area contributed by atoms with Gasteiger partial charge in [0.15, 0.2) is 5.96 Å². The van der Waals surface area contributed by atoms with Crippen LogP contribution in [0.15, 0.2) is 29.3 Å². The van der Waals surface area contributed by atoms with Crippen LogP contribution in [0.25, 0.3) is 0 Å². The first-order chi connectivity index (χ1) is 12.2. The summed E-state index contributed by atoms with van der Waals surface area (Å²) in [5, 5.41) is 9.53. The van der Waals surface area contributed by atoms with E-state index in [-0.39, 0.29) is 29.9 Å². The lowest BCUT2D eigenvalue weighted by Crippen LogP contribution is -2.37. The molecule has 26 heavy (non-hydrogen) atoms. The molecule has 0 unspecified atom stereocenters. The first-order valence-electron chi connectivity index (χ1n) is 9.54. The van der Waals surface area contributed by atoms with Crippen molar-refractivity contribution < 1.29 is 4.79 Å². The topological polar surface area (TPSA) is 65.5 Å². The maximum Gasteiger partial charge on any atom is 0.251 e. The first-order valence-corrected chi connectivity index (χ1v) is 9.54. The summed E-state index contributed by atoms with van der Waals surface area (Å²) >= 11 is 0. The summed E-state index contributed by atoms with van der Waals surface area (Å²) in [6, 6.07) is 7.69. The highest BCUT2D eigenvalue weighted by Gasteiger charge is 2.14. The Labute approximate surface area is 174 Å². The van der Waals surface area contributed by atoms with Crippen LogP contribution < -0.4 is 16.0 Å². The van der Waals surface area contributed by atoms with E-state index >= 15 is 0 Å². The molecular weight excluding hydrogens is 439 g/mol. The monoisotopic (exact) mass is 472 g/mol. The summed E-state index contributed by atoms with van der Waals surface area (Å²) < 4.78 is 0. The molecular formula is C20H33IN4O. The van der Waals surface area contributed by atoms with Crippen LogP contribution in [-0.4, -0.2) is 32.0 Å². The molecule has 1 amide bonds. The number of guanidine groups is 1. The summed E-state index contributed by atoms with van der Waals surface area (Å²) in [7, 11) is 1.79. The minimum Gasteiger partial charge on any atom is -0.356 e. The highest BCUT2D eigenvalue weighted by Crippen LogP contribution is 2.28. The predicted molar refractivity (Wildman–Crippen MR) is 119 cm³/mol. The molecule has 6 heteroatoms. The number of hydrogen-bond donors (Lipinski definition) is 3. The number of hydrogen-bond acceptors (Lipinski definition) is 2. The second kappa shape index (κ2) is 12.9. The van der Waals surface area contributed by atoms with E-state index in [0.717, 1.165) is 24.0 Å². The SMILES string of the molecule is CCNC(=O)c1cccc(CNC(=NC)NCCCC2CCCC2)c1.I. The highest BCUT2D eigenvalue weighted by molar-refractivity contribution is 14.0. The van der Waals surface area contributed by atoms with Crippen molar-refractivity contribution in [2.24, 2.45) is 10.9 Å². The van der Waals surface area contributed by atoms with Gasteiger partial charge < -0.3 is 16.0 Å². The molecule has 1 aromatic rings. The van der Waals surface area contributed by atoms with Crippen molar-refractivity contribution in [3.63, 3.8) is 0 Å². The van der Waals surface area contributed by atoms with Crippen molar-refractivity contribution in [3.05, 3.63) is 35.4 Å². The van der Waals surface area contributed by atoms with Crippen LogP contribution in [0.4, 0.5) is 0 Å². The largest absolute Gasteiger partial charge is 0.356 e. The van der Waals surface area contributed by atoms with Crippen molar-refractivity contribution >= 4 is 35.8 Å². The molecule has 5 nitrogen and oxygen atoms in total. The number of carbonyl (C=O) groups excluding carboxylic acids is 1. The Kier molecular flexibility index (Phi) is 11.3. The van der Waals surface area contributed by atoms with Crippen molar-refractivity contribution in [1.29, 1.82) is 0 Å². The average Bonchev–Trinajstić information content (AvgIpc) is 3.15. The molecule has 2 rings (SSSR count). The molecule has 0 radical (unpaired) electrons. The molecule has 1 aliphatic carbocycles. The maximum atomic E-state index is 11.9. The van der Waals surface area contributed by atoms with Crippen LogP contribution in [0.2, 0.25) is 0 Å². The van der Waals surface area contributed by atoms with Gasteiger partial charge in [0.25, 0.3) is 5.91 Å². The van der Waals surface area contributed by atoms with Crippen LogP contribution in [0, 0.1) is 5.92 Å². The van der Waals surface area contributed by atoms with E-state index in [9.17, 15) is 4.79 Å². The van der Waals surface area contributed by atoms with E-state index in [1.165, 1.54) is 38.5 Å². The molecule has 1 aromatic carbocycles. The minimum atomic E-state index is -0.0289. The molecule has 0 bridgehead atoms. The molecule has 0 heterocycles. The summed E-state index contributed by atoms with van der Waals surface area (Å²) in [6.07, 6.45) is 8.16. The van der Waals surface area contributed by atoms with Gasteiger partial charge in [0, 0.05) is 32.2 Å². The van der Waals surface area contributed by atoms with Gasteiger partial charge in [-0.05, 0) is 43.4 Å². The predicted octanol–water partition coefficient (Wildman–Crippen LogP) is 3.69. The van der Waals surface area contributed by atoms with Crippen LogP contribution in [-0.2, 0) is 6.54 Å². The second-order valence-corrected chi connectivity index (χ2v) is 6.71. The van der Waals surface area contributed by atoms with Gasteiger partial charge in [0.1, 0.15) is 0 Å².